The van der Waals surface area contributed by atoms with Gasteiger partial charge in [-0.15, -0.1) is 0 Å². The fraction of sp³-hybridized carbons (Fsp3) is 0.333. The smallest absolute Gasteiger partial charge is 0.339 e. The average molecular weight is 411 g/mol. The van der Waals surface area contributed by atoms with E-state index in [-0.39, 0.29) is 22.8 Å². The van der Waals surface area contributed by atoms with Gasteiger partial charge in [-0.1, -0.05) is 18.2 Å². The molecule has 2 aliphatic rings. The van der Waals surface area contributed by atoms with Gasteiger partial charge in [-0.3, -0.25) is 14.5 Å². The van der Waals surface area contributed by atoms with Crippen LogP contribution in [0.3, 0.4) is 0 Å². The molecule has 9 heteroatoms. The Morgan fingerprint density at radius 2 is 2.00 bits per heavy atom. The molecule has 2 aliphatic heterocycles. The van der Waals surface area contributed by atoms with Crippen molar-refractivity contribution in [1.82, 2.24) is 0 Å². The number of methoxy groups -OCH3 is 1. The van der Waals surface area contributed by atoms with E-state index in [0.29, 0.717) is 11.3 Å². The molecule has 1 aromatic carbocycles. The highest BCUT2D eigenvalue weighted by molar-refractivity contribution is 6.19. The number of rotatable bonds is 4. The maximum atomic E-state index is 13.8. The Balaban J connectivity index is 2.35. The summed E-state index contributed by atoms with van der Waals surface area (Å²) in [7, 11) is 1.20. The summed E-state index contributed by atoms with van der Waals surface area (Å²) in [5, 5.41) is 9.91. The first kappa shape index (κ1) is 20.9. The number of ether oxygens (including phenoxy) is 3. The molecule has 156 valence electrons. The number of anilines is 1. The molecular formula is C21H21N3O6. The standard InChI is InChI=1S/C21H21N3O6/c1-11(2)29-19(26)17-12(3)30-18(23)14(9-22)21(17)13-7-5-6-8-15(13)24(20(21)27)10-16(25)28-4/h5-8,11H,10,23H2,1-4H3/t21-/m0/s1. The van der Waals surface area contributed by atoms with Gasteiger partial charge in [-0.25, -0.2) is 4.79 Å². The van der Waals surface area contributed by atoms with Crippen LogP contribution in [-0.2, 0) is 34.0 Å². The van der Waals surface area contributed by atoms with Crippen LogP contribution in [0, 0.1) is 11.3 Å². The number of amides is 1. The van der Waals surface area contributed by atoms with Crippen molar-refractivity contribution < 1.29 is 28.6 Å². The summed E-state index contributed by atoms with van der Waals surface area (Å²) in [5.74, 6) is -2.41. The first-order valence-electron chi connectivity index (χ1n) is 9.18. The van der Waals surface area contributed by atoms with E-state index in [4.69, 9.17) is 19.9 Å². The number of hydrogen-bond acceptors (Lipinski definition) is 8. The Hall–Kier alpha value is -3.80. The minimum absolute atomic E-state index is 0.0419. The van der Waals surface area contributed by atoms with Crippen molar-refractivity contribution in [2.24, 2.45) is 5.73 Å². The number of allylic oxidation sites excluding steroid dienone is 1. The van der Waals surface area contributed by atoms with Gasteiger partial charge in [0.05, 0.1) is 13.2 Å². The van der Waals surface area contributed by atoms with Crippen molar-refractivity contribution in [1.29, 1.82) is 5.26 Å². The molecule has 1 atom stereocenters. The van der Waals surface area contributed by atoms with Crippen LogP contribution in [0.25, 0.3) is 0 Å². The van der Waals surface area contributed by atoms with Crippen molar-refractivity contribution in [3.8, 4) is 6.07 Å². The predicted octanol–water partition coefficient (Wildman–Crippen LogP) is 1.39. The van der Waals surface area contributed by atoms with Crippen LogP contribution < -0.4 is 10.6 Å². The molecule has 0 aromatic heterocycles. The Labute approximate surface area is 173 Å². The molecule has 0 unspecified atom stereocenters. The van der Waals surface area contributed by atoms with Crippen molar-refractivity contribution in [3.63, 3.8) is 0 Å². The summed E-state index contributed by atoms with van der Waals surface area (Å²) >= 11 is 0. The van der Waals surface area contributed by atoms with Gasteiger partial charge in [0, 0.05) is 11.3 Å². The maximum Gasteiger partial charge on any atom is 0.339 e. The average Bonchev–Trinajstić information content (AvgIpc) is 2.91. The predicted molar refractivity (Wildman–Crippen MR) is 104 cm³/mol. The van der Waals surface area contributed by atoms with Gasteiger partial charge in [-0.05, 0) is 26.8 Å². The molecule has 1 amide bonds. The summed E-state index contributed by atoms with van der Waals surface area (Å²) in [6.07, 6.45) is -0.485. The van der Waals surface area contributed by atoms with Crippen molar-refractivity contribution >= 4 is 23.5 Å². The van der Waals surface area contributed by atoms with E-state index < -0.39 is 35.9 Å². The van der Waals surface area contributed by atoms with Crippen LogP contribution in [-0.4, -0.2) is 37.6 Å². The molecule has 0 saturated heterocycles. The number of nitriles is 1. The lowest BCUT2D eigenvalue weighted by Gasteiger charge is -2.34. The van der Waals surface area contributed by atoms with Gasteiger partial charge < -0.3 is 19.9 Å². The number of nitrogens with two attached hydrogens (primary N) is 1. The lowest BCUT2D eigenvalue weighted by atomic mass is 9.68. The SMILES string of the molecule is COC(=O)CN1C(=O)[C@]2(C(C#N)=C(N)OC(C)=C2C(=O)OC(C)C)c2ccccc21. The second-order valence-electron chi connectivity index (χ2n) is 7.07. The normalized spacial score (nSPS) is 20.3. The number of hydrogen-bond donors (Lipinski definition) is 1. The zero-order valence-electron chi connectivity index (χ0n) is 17.0. The van der Waals surface area contributed by atoms with Gasteiger partial charge >= 0.3 is 11.9 Å². The van der Waals surface area contributed by atoms with Gasteiger partial charge in [0.2, 0.25) is 11.8 Å². The Morgan fingerprint density at radius 1 is 1.33 bits per heavy atom. The maximum absolute atomic E-state index is 13.8. The molecule has 1 spiro atoms. The van der Waals surface area contributed by atoms with Crippen molar-refractivity contribution in [2.45, 2.75) is 32.3 Å². The van der Waals surface area contributed by atoms with E-state index in [1.807, 2.05) is 6.07 Å². The fourth-order valence-electron chi connectivity index (χ4n) is 3.84. The number of carbonyl (C=O) groups excluding carboxylic acids is 3. The second-order valence-corrected chi connectivity index (χ2v) is 7.07. The van der Waals surface area contributed by atoms with Gasteiger partial charge in [0.1, 0.15) is 29.5 Å². The first-order chi connectivity index (χ1) is 14.2. The molecule has 0 saturated carbocycles. The molecular weight excluding hydrogens is 390 g/mol. The lowest BCUT2D eigenvalue weighted by Crippen LogP contribution is -2.49. The largest absolute Gasteiger partial charge is 0.468 e. The number of benzene rings is 1. The Kier molecular flexibility index (Phi) is 5.27. The number of carbonyl (C=O) groups is 3. The molecule has 9 nitrogen and oxygen atoms in total. The molecule has 2 heterocycles. The van der Waals surface area contributed by atoms with Crippen LogP contribution in [0.5, 0.6) is 0 Å². The summed E-state index contributed by atoms with van der Waals surface area (Å²) < 4.78 is 15.5. The molecule has 3 rings (SSSR count). The van der Waals surface area contributed by atoms with Crippen LogP contribution in [0.2, 0.25) is 0 Å². The van der Waals surface area contributed by atoms with Crippen LogP contribution >= 0.6 is 0 Å². The van der Waals surface area contributed by atoms with Crippen LogP contribution in [0.4, 0.5) is 5.69 Å². The highest BCUT2D eigenvalue weighted by Crippen LogP contribution is 2.54. The third-order valence-electron chi connectivity index (χ3n) is 4.95. The van der Waals surface area contributed by atoms with E-state index >= 15 is 0 Å². The number of para-hydroxylation sites is 1. The van der Waals surface area contributed by atoms with E-state index in [0.717, 1.165) is 0 Å². The highest BCUT2D eigenvalue weighted by atomic mass is 16.5. The molecule has 0 fully saturated rings. The third-order valence-corrected chi connectivity index (χ3v) is 4.95. The van der Waals surface area contributed by atoms with Crippen LogP contribution in [0.1, 0.15) is 26.3 Å². The van der Waals surface area contributed by atoms with E-state index in [9.17, 15) is 19.6 Å². The summed E-state index contributed by atoms with van der Waals surface area (Å²) in [6.45, 7) is 4.39. The molecule has 1 aromatic rings. The third kappa shape index (κ3) is 2.88. The molecule has 0 radical (unpaired) electrons. The van der Waals surface area contributed by atoms with Gasteiger partial charge in [-0.2, -0.15) is 5.26 Å². The van der Waals surface area contributed by atoms with E-state index in [2.05, 4.69) is 0 Å². The second kappa shape index (κ2) is 7.55. The van der Waals surface area contributed by atoms with Crippen molar-refractivity contribution in [3.05, 3.63) is 52.6 Å². The van der Waals surface area contributed by atoms with Crippen LogP contribution in [0.15, 0.2) is 47.1 Å². The quantitative estimate of drug-likeness (QED) is 0.735. The Bertz CT molecular complexity index is 1050. The Morgan fingerprint density at radius 3 is 2.60 bits per heavy atom. The monoisotopic (exact) mass is 411 g/mol. The summed E-state index contributed by atoms with van der Waals surface area (Å²) in [6, 6.07) is 8.49. The highest BCUT2D eigenvalue weighted by Gasteiger charge is 2.62. The number of nitrogens with zero attached hydrogens (tertiary/aromatic N) is 2. The number of fused-ring (bicyclic) bond motifs is 2. The minimum Gasteiger partial charge on any atom is -0.468 e. The number of esters is 2. The summed E-state index contributed by atoms with van der Waals surface area (Å²) in [4.78, 5) is 40.1. The van der Waals surface area contributed by atoms with Crippen molar-refractivity contribution in [2.75, 3.05) is 18.6 Å². The summed E-state index contributed by atoms with van der Waals surface area (Å²) in [5.41, 5.74) is 4.39. The fourth-order valence-corrected chi connectivity index (χ4v) is 3.84. The van der Waals surface area contributed by atoms with Gasteiger partial charge in [0.15, 0.2) is 5.41 Å². The topological polar surface area (TPSA) is 132 Å². The molecule has 0 aliphatic carbocycles. The lowest BCUT2D eigenvalue weighted by molar-refractivity contribution is -0.145. The molecule has 2 N–H and O–H groups in total. The molecule has 30 heavy (non-hydrogen) atoms. The minimum atomic E-state index is -1.89. The molecule has 0 bridgehead atoms. The zero-order chi connectivity index (χ0) is 22.2. The zero-order valence-corrected chi connectivity index (χ0v) is 17.0. The van der Waals surface area contributed by atoms with Gasteiger partial charge in [0.25, 0.3) is 0 Å². The van der Waals surface area contributed by atoms with E-state index in [1.54, 1.807) is 38.1 Å². The first-order valence-corrected chi connectivity index (χ1v) is 9.18. The van der Waals surface area contributed by atoms with E-state index in [1.165, 1.54) is 18.9 Å².